The molecule has 1 saturated heterocycles. The lowest BCUT2D eigenvalue weighted by Gasteiger charge is -2.34. The molecular weight excluding hydrogens is 529 g/mol. The van der Waals surface area contributed by atoms with Crippen molar-refractivity contribution < 1.29 is 14.2 Å². The summed E-state index contributed by atoms with van der Waals surface area (Å²) in [7, 11) is 3.37. The number of hydrogen-bond donors (Lipinski definition) is 1. The quantitative estimate of drug-likeness (QED) is 0.310. The Morgan fingerprint density at radius 2 is 1.85 bits per heavy atom. The zero-order valence-electron chi connectivity index (χ0n) is 19.9. The van der Waals surface area contributed by atoms with Crippen LogP contribution < -0.4 is 14.8 Å². The molecule has 0 bridgehead atoms. The summed E-state index contributed by atoms with van der Waals surface area (Å²) in [5.41, 5.74) is 3.84. The molecule has 180 valence electrons. The zero-order chi connectivity index (χ0) is 22.3. The van der Waals surface area contributed by atoms with Gasteiger partial charge in [-0.05, 0) is 55.0 Å². The highest BCUT2D eigenvalue weighted by molar-refractivity contribution is 14.0. The molecule has 4 rings (SSSR count). The minimum Gasteiger partial charge on any atom is -0.493 e. The second-order valence-corrected chi connectivity index (χ2v) is 8.45. The van der Waals surface area contributed by atoms with E-state index in [0.717, 1.165) is 69.5 Å². The van der Waals surface area contributed by atoms with Crippen molar-refractivity contribution >= 4 is 29.9 Å². The van der Waals surface area contributed by atoms with Crippen molar-refractivity contribution in [3.05, 3.63) is 59.2 Å². The topological polar surface area (TPSA) is 55.3 Å². The molecule has 2 heterocycles. The van der Waals surface area contributed by atoms with E-state index in [0.29, 0.717) is 5.92 Å². The van der Waals surface area contributed by atoms with Crippen molar-refractivity contribution in [2.24, 2.45) is 10.9 Å². The van der Waals surface area contributed by atoms with Crippen molar-refractivity contribution in [1.82, 2.24) is 10.2 Å². The summed E-state index contributed by atoms with van der Waals surface area (Å²) < 4.78 is 17.2. The van der Waals surface area contributed by atoms with Gasteiger partial charge in [0.2, 0.25) is 0 Å². The van der Waals surface area contributed by atoms with Crippen LogP contribution in [0, 0.1) is 5.92 Å². The van der Waals surface area contributed by atoms with Crippen LogP contribution in [0.1, 0.15) is 42.6 Å². The van der Waals surface area contributed by atoms with E-state index < -0.39 is 0 Å². The number of benzene rings is 2. The van der Waals surface area contributed by atoms with Crippen LogP contribution >= 0.6 is 24.0 Å². The van der Waals surface area contributed by atoms with Crippen molar-refractivity contribution in [3.8, 4) is 11.5 Å². The molecule has 2 aliphatic rings. The van der Waals surface area contributed by atoms with Crippen LogP contribution in [0.2, 0.25) is 0 Å². The SMILES string of the molecule is CCNC(=NCC1CCCOC1c1ccccc1)N1CCc2cc(OC)c(OC)cc2C1.I. The smallest absolute Gasteiger partial charge is 0.194 e. The van der Waals surface area contributed by atoms with Crippen LogP contribution in [0.25, 0.3) is 0 Å². The maximum atomic E-state index is 6.18. The number of halogens is 1. The molecule has 0 saturated carbocycles. The van der Waals surface area contributed by atoms with Gasteiger partial charge in [0.25, 0.3) is 0 Å². The first-order valence-corrected chi connectivity index (χ1v) is 11.7. The number of ether oxygens (including phenoxy) is 3. The highest BCUT2D eigenvalue weighted by Gasteiger charge is 2.28. The van der Waals surface area contributed by atoms with Crippen LogP contribution in [0.4, 0.5) is 0 Å². The number of nitrogens with one attached hydrogen (secondary N) is 1. The monoisotopic (exact) mass is 565 g/mol. The normalized spacial score (nSPS) is 20.5. The third-order valence-corrected chi connectivity index (χ3v) is 6.40. The number of guanidine groups is 1. The summed E-state index contributed by atoms with van der Waals surface area (Å²) in [5.74, 6) is 2.94. The predicted molar refractivity (Wildman–Crippen MR) is 143 cm³/mol. The van der Waals surface area contributed by atoms with Crippen molar-refractivity contribution in [1.29, 1.82) is 0 Å². The lowest BCUT2D eigenvalue weighted by molar-refractivity contribution is -0.0250. The summed E-state index contributed by atoms with van der Waals surface area (Å²) in [6.45, 7) is 6.29. The van der Waals surface area contributed by atoms with E-state index in [2.05, 4.69) is 59.6 Å². The standard InChI is InChI=1S/C26H35N3O3.HI/c1-4-27-26(28-17-21-11-8-14-32-25(21)19-9-6-5-7-10-19)29-13-12-20-15-23(30-2)24(31-3)16-22(20)18-29;/h5-7,9-10,15-16,21,25H,4,8,11-14,17-18H2,1-3H3,(H,27,28);1H. The molecule has 7 heteroatoms. The first kappa shape index (κ1) is 25.6. The fourth-order valence-electron chi connectivity index (χ4n) is 4.73. The van der Waals surface area contributed by atoms with E-state index in [4.69, 9.17) is 19.2 Å². The Labute approximate surface area is 214 Å². The molecule has 2 unspecified atom stereocenters. The summed E-state index contributed by atoms with van der Waals surface area (Å²) in [4.78, 5) is 7.43. The van der Waals surface area contributed by atoms with Crippen LogP contribution in [-0.2, 0) is 17.7 Å². The summed E-state index contributed by atoms with van der Waals surface area (Å²) in [5, 5.41) is 3.51. The van der Waals surface area contributed by atoms with Gasteiger partial charge in [-0.1, -0.05) is 30.3 Å². The average Bonchev–Trinajstić information content (AvgIpc) is 2.86. The van der Waals surface area contributed by atoms with Crippen molar-refractivity contribution in [2.45, 2.75) is 38.8 Å². The lowest BCUT2D eigenvalue weighted by atomic mass is 9.89. The first-order valence-electron chi connectivity index (χ1n) is 11.7. The van der Waals surface area contributed by atoms with Crippen LogP contribution in [-0.4, -0.2) is 51.3 Å². The second-order valence-electron chi connectivity index (χ2n) is 8.45. The molecule has 0 amide bonds. The Morgan fingerprint density at radius 1 is 1.12 bits per heavy atom. The minimum atomic E-state index is 0. The van der Waals surface area contributed by atoms with E-state index in [-0.39, 0.29) is 30.1 Å². The molecule has 2 atom stereocenters. The van der Waals surface area contributed by atoms with Gasteiger partial charge in [0.15, 0.2) is 17.5 Å². The van der Waals surface area contributed by atoms with Gasteiger partial charge in [-0.25, -0.2) is 0 Å². The molecule has 0 radical (unpaired) electrons. The Kier molecular flexibility index (Phi) is 9.67. The van der Waals surface area contributed by atoms with Crippen LogP contribution in [0.3, 0.4) is 0 Å². The van der Waals surface area contributed by atoms with Gasteiger partial charge < -0.3 is 24.4 Å². The molecule has 2 aromatic rings. The van der Waals surface area contributed by atoms with Gasteiger partial charge in [0, 0.05) is 38.7 Å². The van der Waals surface area contributed by atoms with E-state index >= 15 is 0 Å². The van der Waals surface area contributed by atoms with Gasteiger partial charge in [-0.2, -0.15) is 0 Å². The first-order chi connectivity index (χ1) is 15.7. The highest BCUT2D eigenvalue weighted by Crippen LogP contribution is 2.35. The predicted octanol–water partition coefficient (Wildman–Crippen LogP) is 4.81. The van der Waals surface area contributed by atoms with Crippen LogP contribution in [0.15, 0.2) is 47.5 Å². The van der Waals surface area contributed by atoms with E-state index in [9.17, 15) is 0 Å². The Morgan fingerprint density at radius 3 is 2.55 bits per heavy atom. The van der Waals surface area contributed by atoms with E-state index in [1.807, 2.05) is 0 Å². The van der Waals surface area contributed by atoms with Gasteiger partial charge in [-0.3, -0.25) is 4.99 Å². The average molecular weight is 565 g/mol. The summed E-state index contributed by atoms with van der Waals surface area (Å²) in [6.07, 6.45) is 3.32. The lowest BCUT2D eigenvalue weighted by Crippen LogP contribution is -2.44. The maximum Gasteiger partial charge on any atom is 0.194 e. The maximum absolute atomic E-state index is 6.18. The van der Waals surface area contributed by atoms with Gasteiger partial charge >= 0.3 is 0 Å². The fourth-order valence-corrected chi connectivity index (χ4v) is 4.73. The number of nitrogens with zero attached hydrogens (tertiary/aromatic N) is 2. The molecule has 1 fully saturated rings. The van der Waals surface area contributed by atoms with Crippen LogP contribution in [0.5, 0.6) is 11.5 Å². The third kappa shape index (κ3) is 6.12. The largest absolute Gasteiger partial charge is 0.493 e. The van der Waals surface area contributed by atoms with E-state index in [1.54, 1.807) is 14.2 Å². The summed E-state index contributed by atoms with van der Waals surface area (Å²) in [6, 6.07) is 14.8. The molecule has 0 spiro atoms. The Bertz CT molecular complexity index is 922. The van der Waals surface area contributed by atoms with Crippen molar-refractivity contribution in [3.63, 3.8) is 0 Å². The van der Waals surface area contributed by atoms with Crippen molar-refractivity contribution in [2.75, 3.05) is 40.5 Å². The Hall–Kier alpha value is -2.00. The molecular formula is C26H36IN3O3. The molecule has 6 nitrogen and oxygen atoms in total. The molecule has 2 aromatic carbocycles. The van der Waals surface area contributed by atoms with Gasteiger partial charge in [0.1, 0.15) is 0 Å². The second kappa shape index (κ2) is 12.5. The summed E-state index contributed by atoms with van der Waals surface area (Å²) >= 11 is 0. The molecule has 0 aliphatic carbocycles. The van der Waals surface area contributed by atoms with Gasteiger partial charge in [0.05, 0.1) is 20.3 Å². The highest BCUT2D eigenvalue weighted by atomic mass is 127. The zero-order valence-corrected chi connectivity index (χ0v) is 22.2. The van der Waals surface area contributed by atoms with Gasteiger partial charge in [-0.15, -0.1) is 24.0 Å². The number of hydrogen-bond acceptors (Lipinski definition) is 4. The number of aliphatic imine (C=N–C) groups is 1. The van der Waals surface area contributed by atoms with E-state index in [1.165, 1.54) is 16.7 Å². The number of methoxy groups -OCH3 is 2. The molecule has 2 aliphatic heterocycles. The minimum absolute atomic E-state index is 0. The third-order valence-electron chi connectivity index (χ3n) is 6.40. The molecule has 1 N–H and O–H groups in total. The molecule has 33 heavy (non-hydrogen) atoms. The fraction of sp³-hybridized carbons (Fsp3) is 0.500. The number of rotatable bonds is 6. The molecule has 0 aromatic heterocycles. The number of fused-ring (bicyclic) bond motifs is 1. The Balaban J connectivity index is 0.00000306.